The lowest BCUT2D eigenvalue weighted by Gasteiger charge is -2.17. The number of aromatic carboxylic acids is 1. The van der Waals surface area contributed by atoms with Gasteiger partial charge in [0.15, 0.2) is 5.69 Å². The van der Waals surface area contributed by atoms with Gasteiger partial charge in [0.25, 0.3) is 0 Å². The number of nitrogens with zero attached hydrogens (tertiary/aromatic N) is 2. The monoisotopic (exact) mass is 474 g/mol. The van der Waals surface area contributed by atoms with E-state index in [-0.39, 0.29) is 30.4 Å². The summed E-state index contributed by atoms with van der Waals surface area (Å²) in [6.07, 6.45) is -1.25. The minimum atomic E-state index is -1.25. The van der Waals surface area contributed by atoms with Crippen molar-refractivity contribution < 1.29 is 29.3 Å². The van der Waals surface area contributed by atoms with Gasteiger partial charge in [0.1, 0.15) is 11.8 Å². The predicted octanol–water partition coefficient (Wildman–Crippen LogP) is 4.67. The van der Waals surface area contributed by atoms with Gasteiger partial charge in [-0.2, -0.15) is 4.98 Å². The van der Waals surface area contributed by atoms with Gasteiger partial charge in [-0.15, -0.1) is 0 Å². The van der Waals surface area contributed by atoms with Crippen molar-refractivity contribution in [3.8, 4) is 17.0 Å². The van der Waals surface area contributed by atoms with Crippen molar-refractivity contribution in [2.75, 3.05) is 13.2 Å². The number of carboxylic acids is 1. The van der Waals surface area contributed by atoms with Gasteiger partial charge in [-0.05, 0) is 55.2 Å². The van der Waals surface area contributed by atoms with Gasteiger partial charge < -0.3 is 19.7 Å². The van der Waals surface area contributed by atoms with Crippen molar-refractivity contribution >= 4 is 17.6 Å². The van der Waals surface area contributed by atoms with Gasteiger partial charge in [-0.25, -0.2) is 9.59 Å². The number of aryl methyl sites for hydroxylation is 1. The molecule has 0 bridgehead atoms. The van der Waals surface area contributed by atoms with Crippen LogP contribution in [0, 0.1) is 6.92 Å². The van der Waals surface area contributed by atoms with Crippen molar-refractivity contribution in [2.45, 2.75) is 26.9 Å². The molecule has 180 valence electrons. The Balaban J connectivity index is 1.89. The zero-order valence-electron chi connectivity index (χ0n) is 19.7. The average Bonchev–Trinajstić information content (AvgIpc) is 3.24. The summed E-state index contributed by atoms with van der Waals surface area (Å²) in [5.74, 6) is -1.63. The molecule has 0 amide bonds. The van der Waals surface area contributed by atoms with Crippen LogP contribution in [0.4, 0.5) is 0 Å². The highest BCUT2D eigenvalue weighted by molar-refractivity contribution is 5.96. The standard InChI is InChI=1S/C27H26N2O6/c1-4-34-25-22(27(33)35-5-2)29-21(14-11-16(3)24(29)28-25)23(30)18-12-13-19(20(15-18)26(31)32)17-9-7-6-8-10-17/h6-15,23,30H,4-5H2,1-3H3,(H,31,32). The van der Waals surface area contributed by atoms with Gasteiger partial charge in [0, 0.05) is 0 Å². The smallest absolute Gasteiger partial charge is 0.361 e. The second-order valence-electron chi connectivity index (χ2n) is 7.90. The molecule has 8 nitrogen and oxygen atoms in total. The fourth-order valence-electron chi connectivity index (χ4n) is 4.05. The van der Waals surface area contributed by atoms with E-state index in [0.29, 0.717) is 22.5 Å². The van der Waals surface area contributed by atoms with E-state index in [9.17, 15) is 19.8 Å². The number of aliphatic hydroxyl groups excluding tert-OH is 1. The Morgan fingerprint density at radius 1 is 1.03 bits per heavy atom. The fraction of sp³-hybridized carbons (Fsp3) is 0.222. The SMILES string of the molecule is CCOC(=O)c1c(OCC)nc2c(C)ccc(C(O)c3ccc(-c4ccccc4)c(C(=O)O)c3)n12. The average molecular weight is 475 g/mol. The Kier molecular flexibility index (Phi) is 6.84. The Hall–Kier alpha value is -4.17. The number of ether oxygens (including phenoxy) is 2. The van der Waals surface area contributed by atoms with Crippen LogP contribution in [-0.2, 0) is 4.74 Å². The van der Waals surface area contributed by atoms with E-state index in [1.165, 1.54) is 10.5 Å². The summed E-state index contributed by atoms with van der Waals surface area (Å²) in [5.41, 5.74) is 3.31. The number of hydrogen-bond donors (Lipinski definition) is 2. The van der Waals surface area contributed by atoms with Crippen LogP contribution < -0.4 is 4.74 Å². The first-order valence-corrected chi connectivity index (χ1v) is 11.3. The van der Waals surface area contributed by atoms with Crippen LogP contribution in [0.1, 0.15) is 57.6 Å². The molecule has 0 saturated heterocycles. The van der Waals surface area contributed by atoms with Gasteiger partial charge in [-0.1, -0.05) is 48.5 Å². The minimum absolute atomic E-state index is 0.0577. The van der Waals surface area contributed by atoms with Gasteiger partial charge in [-0.3, -0.25) is 4.40 Å². The fourth-order valence-corrected chi connectivity index (χ4v) is 4.05. The Bertz CT molecular complexity index is 1390. The second kappa shape index (κ2) is 9.99. The van der Waals surface area contributed by atoms with E-state index >= 15 is 0 Å². The molecule has 1 atom stereocenters. The van der Waals surface area contributed by atoms with Crippen molar-refractivity contribution in [3.63, 3.8) is 0 Å². The quantitative estimate of drug-likeness (QED) is 0.357. The van der Waals surface area contributed by atoms with Crippen LogP contribution in [-0.4, -0.2) is 44.8 Å². The molecule has 2 heterocycles. The van der Waals surface area contributed by atoms with Crippen LogP contribution in [0.25, 0.3) is 16.8 Å². The highest BCUT2D eigenvalue weighted by Crippen LogP contribution is 2.33. The van der Waals surface area contributed by atoms with E-state index in [1.54, 1.807) is 38.1 Å². The van der Waals surface area contributed by atoms with E-state index in [0.717, 1.165) is 11.1 Å². The largest absolute Gasteiger partial charge is 0.478 e. The summed E-state index contributed by atoms with van der Waals surface area (Å²) < 4.78 is 12.4. The van der Waals surface area contributed by atoms with Crippen LogP contribution in [0.2, 0.25) is 0 Å². The highest BCUT2D eigenvalue weighted by atomic mass is 16.5. The number of imidazole rings is 1. The summed E-state index contributed by atoms with van der Waals surface area (Å²) in [6.45, 7) is 5.76. The lowest BCUT2D eigenvalue weighted by molar-refractivity contribution is 0.0511. The van der Waals surface area contributed by atoms with Crippen molar-refractivity contribution in [1.82, 2.24) is 9.38 Å². The molecule has 2 aromatic carbocycles. The topological polar surface area (TPSA) is 110 Å². The van der Waals surface area contributed by atoms with Gasteiger partial charge >= 0.3 is 11.9 Å². The Morgan fingerprint density at radius 2 is 1.77 bits per heavy atom. The predicted molar refractivity (Wildman–Crippen MR) is 130 cm³/mol. The number of rotatable bonds is 8. The van der Waals surface area contributed by atoms with Gasteiger partial charge in [0.2, 0.25) is 5.88 Å². The lowest BCUT2D eigenvalue weighted by Crippen LogP contribution is -2.15. The molecule has 8 heteroatoms. The number of aromatic nitrogens is 2. The summed E-state index contributed by atoms with van der Waals surface area (Å²) in [5, 5.41) is 21.3. The summed E-state index contributed by atoms with van der Waals surface area (Å²) in [4.78, 5) is 29.4. The third-order valence-electron chi connectivity index (χ3n) is 5.66. The zero-order valence-corrected chi connectivity index (χ0v) is 19.7. The van der Waals surface area contributed by atoms with E-state index in [2.05, 4.69) is 4.98 Å². The Morgan fingerprint density at radius 3 is 2.43 bits per heavy atom. The molecule has 4 rings (SSSR count). The first kappa shape index (κ1) is 24.0. The number of benzene rings is 2. The number of esters is 1. The molecule has 35 heavy (non-hydrogen) atoms. The number of hydrogen-bond acceptors (Lipinski definition) is 6. The lowest BCUT2D eigenvalue weighted by atomic mass is 9.95. The number of carbonyl (C=O) groups is 2. The number of aliphatic hydroxyl groups is 1. The molecule has 4 aromatic rings. The summed E-state index contributed by atoms with van der Waals surface area (Å²) >= 11 is 0. The molecule has 0 saturated carbocycles. The van der Waals surface area contributed by atoms with E-state index in [4.69, 9.17) is 9.47 Å². The van der Waals surface area contributed by atoms with Crippen molar-refractivity contribution in [2.24, 2.45) is 0 Å². The summed E-state index contributed by atoms with van der Waals surface area (Å²) in [6, 6.07) is 17.4. The third kappa shape index (κ3) is 4.48. The molecular formula is C27H26N2O6. The van der Waals surface area contributed by atoms with Crippen LogP contribution in [0.15, 0.2) is 60.7 Å². The number of pyridine rings is 1. The molecule has 0 spiro atoms. The molecule has 0 aliphatic heterocycles. The van der Waals surface area contributed by atoms with Crippen LogP contribution in [0.3, 0.4) is 0 Å². The molecule has 2 N–H and O–H groups in total. The second-order valence-corrected chi connectivity index (χ2v) is 7.90. The molecule has 0 fully saturated rings. The third-order valence-corrected chi connectivity index (χ3v) is 5.66. The number of fused-ring (bicyclic) bond motifs is 1. The first-order valence-electron chi connectivity index (χ1n) is 11.3. The number of carboxylic acid groups (broad SMARTS) is 1. The van der Waals surface area contributed by atoms with Gasteiger partial charge in [0.05, 0.1) is 24.5 Å². The van der Waals surface area contributed by atoms with Crippen LogP contribution >= 0.6 is 0 Å². The zero-order chi connectivity index (χ0) is 25.1. The molecule has 0 aliphatic rings. The molecular weight excluding hydrogens is 448 g/mol. The molecule has 0 radical (unpaired) electrons. The van der Waals surface area contributed by atoms with E-state index in [1.807, 2.05) is 37.3 Å². The molecule has 2 aromatic heterocycles. The maximum atomic E-state index is 12.9. The van der Waals surface area contributed by atoms with E-state index < -0.39 is 18.0 Å². The Labute approximate surface area is 202 Å². The number of carbonyl (C=O) groups excluding carboxylic acids is 1. The first-order chi connectivity index (χ1) is 16.9. The maximum Gasteiger partial charge on any atom is 0.361 e. The highest BCUT2D eigenvalue weighted by Gasteiger charge is 2.27. The van der Waals surface area contributed by atoms with Crippen LogP contribution in [0.5, 0.6) is 5.88 Å². The molecule has 1 unspecified atom stereocenters. The maximum absolute atomic E-state index is 12.9. The summed E-state index contributed by atoms with van der Waals surface area (Å²) in [7, 11) is 0. The molecule has 0 aliphatic carbocycles. The minimum Gasteiger partial charge on any atom is -0.478 e. The normalized spacial score (nSPS) is 11.9. The van der Waals surface area contributed by atoms with Crippen molar-refractivity contribution in [1.29, 1.82) is 0 Å². The van der Waals surface area contributed by atoms with Crippen molar-refractivity contribution in [3.05, 3.63) is 88.7 Å².